The summed E-state index contributed by atoms with van der Waals surface area (Å²) in [5, 5.41) is -0.532. The molecule has 2 unspecified atom stereocenters. The summed E-state index contributed by atoms with van der Waals surface area (Å²) in [6.07, 6.45) is 6.89. The van der Waals surface area contributed by atoms with Crippen LogP contribution in [-0.4, -0.2) is 46.9 Å². The van der Waals surface area contributed by atoms with E-state index in [1.807, 2.05) is 26.2 Å². The highest BCUT2D eigenvalue weighted by atomic mass is 32.2. The van der Waals surface area contributed by atoms with E-state index in [2.05, 4.69) is 14.9 Å². The van der Waals surface area contributed by atoms with E-state index in [1.54, 1.807) is 0 Å². The second kappa shape index (κ2) is 5.65. The number of sulfone groups is 1. The molecule has 2 aliphatic rings. The quantitative estimate of drug-likeness (QED) is 0.848. The Labute approximate surface area is 126 Å². The monoisotopic (exact) mass is 309 g/mol. The van der Waals surface area contributed by atoms with Gasteiger partial charge in [0, 0.05) is 43.5 Å². The van der Waals surface area contributed by atoms with Gasteiger partial charge in [0.15, 0.2) is 9.84 Å². The molecule has 0 amide bonds. The van der Waals surface area contributed by atoms with E-state index in [0.29, 0.717) is 25.4 Å². The summed E-state index contributed by atoms with van der Waals surface area (Å²) < 4.78 is 24.4. The molecule has 116 valence electrons. The average molecular weight is 309 g/mol. The van der Waals surface area contributed by atoms with E-state index >= 15 is 0 Å². The van der Waals surface area contributed by atoms with Crippen LogP contribution < -0.4 is 0 Å². The highest BCUT2D eigenvalue weighted by Gasteiger charge is 2.37. The van der Waals surface area contributed by atoms with Gasteiger partial charge in [-0.15, -0.1) is 0 Å². The molecule has 1 aromatic rings. The van der Waals surface area contributed by atoms with Gasteiger partial charge in [0.05, 0.1) is 10.5 Å². The topological polar surface area (TPSA) is 63.2 Å². The van der Waals surface area contributed by atoms with Crippen LogP contribution in [-0.2, 0) is 16.4 Å². The SMILES string of the molecule is CCC1CN(Cc2cnc(C3CC3)nc2)CC(C)S1(=O)=O. The molecule has 3 rings (SSSR count). The van der Waals surface area contributed by atoms with Crippen LogP contribution in [0.1, 0.15) is 50.4 Å². The molecule has 0 N–H and O–H groups in total. The van der Waals surface area contributed by atoms with Crippen molar-refractivity contribution in [1.29, 1.82) is 0 Å². The molecule has 5 nitrogen and oxygen atoms in total. The molecule has 1 saturated carbocycles. The Morgan fingerprint density at radius 3 is 2.48 bits per heavy atom. The van der Waals surface area contributed by atoms with Gasteiger partial charge in [-0.25, -0.2) is 18.4 Å². The third-order valence-corrected chi connectivity index (χ3v) is 7.21. The predicted octanol–water partition coefficient (Wildman–Crippen LogP) is 1.75. The first-order valence-electron chi connectivity index (χ1n) is 7.76. The van der Waals surface area contributed by atoms with Crippen LogP contribution in [0.25, 0.3) is 0 Å². The lowest BCUT2D eigenvalue weighted by Gasteiger charge is -2.35. The van der Waals surface area contributed by atoms with Gasteiger partial charge in [-0.3, -0.25) is 4.90 Å². The number of aromatic nitrogens is 2. The van der Waals surface area contributed by atoms with Crippen molar-refractivity contribution in [3.8, 4) is 0 Å². The minimum Gasteiger partial charge on any atom is -0.296 e. The fraction of sp³-hybridized carbons (Fsp3) is 0.733. The summed E-state index contributed by atoms with van der Waals surface area (Å²) in [5.74, 6) is 1.53. The molecular weight excluding hydrogens is 286 g/mol. The minimum absolute atomic E-state index is 0.243. The first-order valence-corrected chi connectivity index (χ1v) is 9.37. The van der Waals surface area contributed by atoms with Crippen LogP contribution in [0.2, 0.25) is 0 Å². The number of hydrogen-bond donors (Lipinski definition) is 0. The van der Waals surface area contributed by atoms with Gasteiger partial charge in [0.1, 0.15) is 5.82 Å². The molecule has 2 heterocycles. The lowest BCUT2D eigenvalue weighted by Crippen LogP contribution is -2.50. The Morgan fingerprint density at radius 2 is 1.90 bits per heavy atom. The fourth-order valence-electron chi connectivity index (χ4n) is 3.01. The summed E-state index contributed by atoms with van der Waals surface area (Å²) in [6.45, 7) is 5.72. The van der Waals surface area contributed by atoms with Crippen molar-refractivity contribution in [3.05, 3.63) is 23.8 Å². The Balaban J connectivity index is 1.67. The Morgan fingerprint density at radius 1 is 1.24 bits per heavy atom. The molecule has 6 heteroatoms. The molecule has 0 radical (unpaired) electrons. The number of rotatable bonds is 4. The molecule has 1 aromatic heterocycles. The van der Waals surface area contributed by atoms with Crippen LogP contribution in [0.15, 0.2) is 12.4 Å². The van der Waals surface area contributed by atoms with Crippen LogP contribution >= 0.6 is 0 Å². The van der Waals surface area contributed by atoms with Crippen molar-refractivity contribution in [2.75, 3.05) is 13.1 Å². The summed E-state index contributed by atoms with van der Waals surface area (Å²) in [5.41, 5.74) is 1.07. The van der Waals surface area contributed by atoms with E-state index < -0.39 is 9.84 Å². The lowest BCUT2D eigenvalue weighted by atomic mass is 10.2. The molecule has 0 spiro atoms. The molecule has 1 saturated heterocycles. The molecule has 1 aliphatic carbocycles. The van der Waals surface area contributed by atoms with Crippen molar-refractivity contribution in [2.24, 2.45) is 0 Å². The average Bonchev–Trinajstić information content (AvgIpc) is 3.28. The molecule has 0 bridgehead atoms. The van der Waals surface area contributed by atoms with Crippen molar-refractivity contribution in [1.82, 2.24) is 14.9 Å². The van der Waals surface area contributed by atoms with Crippen molar-refractivity contribution in [2.45, 2.75) is 56.1 Å². The largest absolute Gasteiger partial charge is 0.296 e. The lowest BCUT2D eigenvalue weighted by molar-refractivity contribution is 0.247. The maximum absolute atomic E-state index is 12.2. The van der Waals surface area contributed by atoms with Gasteiger partial charge in [-0.2, -0.15) is 0 Å². The van der Waals surface area contributed by atoms with Crippen molar-refractivity contribution < 1.29 is 8.42 Å². The van der Waals surface area contributed by atoms with Gasteiger partial charge >= 0.3 is 0 Å². The Hall–Kier alpha value is -1.01. The summed E-state index contributed by atoms with van der Waals surface area (Å²) in [6, 6.07) is 0. The van der Waals surface area contributed by atoms with Crippen LogP contribution in [0.5, 0.6) is 0 Å². The highest BCUT2D eigenvalue weighted by Crippen LogP contribution is 2.37. The zero-order chi connectivity index (χ0) is 15.0. The fourth-order valence-corrected chi connectivity index (χ4v) is 4.97. The van der Waals surface area contributed by atoms with Crippen molar-refractivity contribution >= 4 is 9.84 Å². The Bertz CT molecular complexity index is 596. The van der Waals surface area contributed by atoms with Gasteiger partial charge in [0.2, 0.25) is 0 Å². The maximum Gasteiger partial charge on any atom is 0.158 e. The zero-order valence-electron chi connectivity index (χ0n) is 12.7. The molecule has 2 fully saturated rings. The predicted molar refractivity (Wildman–Crippen MR) is 81.7 cm³/mol. The number of nitrogens with zero attached hydrogens (tertiary/aromatic N) is 3. The zero-order valence-corrected chi connectivity index (χ0v) is 13.5. The summed E-state index contributed by atoms with van der Waals surface area (Å²) in [7, 11) is -2.96. The second-order valence-electron chi connectivity index (χ2n) is 6.35. The van der Waals surface area contributed by atoms with Gasteiger partial charge in [-0.1, -0.05) is 6.92 Å². The first-order chi connectivity index (χ1) is 10.0. The Kier molecular flexibility index (Phi) is 4.01. The second-order valence-corrected chi connectivity index (χ2v) is 9.00. The first kappa shape index (κ1) is 14.9. The molecule has 2 atom stereocenters. The molecular formula is C15H23N3O2S. The molecule has 1 aliphatic heterocycles. The van der Waals surface area contributed by atoms with Crippen molar-refractivity contribution in [3.63, 3.8) is 0 Å². The van der Waals surface area contributed by atoms with E-state index in [9.17, 15) is 8.42 Å². The van der Waals surface area contributed by atoms with Crippen LogP contribution in [0.4, 0.5) is 0 Å². The van der Waals surface area contributed by atoms with Crippen LogP contribution in [0.3, 0.4) is 0 Å². The number of hydrogen-bond acceptors (Lipinski definition) is 5. The minimum atomic E-state index is -2.96. The van der Waals surface area contributed by atoms with Gasteiger partial charge in [0.25, 0.3) is 0 Å². The third-order valence-electron chi connectivity index (χ3n) is 4.53. The van der Waals surface area contributed by atoms with E-state index in [0.717, 1.165) is 17.9 Å². The summed E-state index contributed by atoms with van der Waals surface area (Å²) in [4.78, 5) is 11.1. The van der Waals surface area contributed by atoms with E-state index in [4.69, 9.17) is 0 Å². The van der Waals surface area contributed by atoms with E-state index in [1.165, 1.54) is 12.8 Å². The standard InChI is InChI=1S/C15H23N3O2S/c1-3-14-10-18(8-11(2)21(14,19)20)9-12-6-16-15(17-7-12)13-4-5-13/h6-7,11,13-14H,3-5,8-10H2,1-2H3. The molecule has 21 heavy (non-hydrogen) atoms. The van der Waals surface area contributed by atoms with Crippen LogP contribution in [0, 0.1) is 0 Å². The van der Waals surface area contributed by atoms with Gasteiger partial charge < -0.3 is 0 Å². The third kappa shape index (κ3) is 3.11. The summed E-state index contributed by atoms with van der Waals surface area (Å²) >= 11 is 0. The maximum atomic E-state index is 12.2. The van der Waals surface area contributed by atoms with Gasteiger partial charge in [-0.05, 0) is 26.2 Å². The normalized spacial score (nSPS) is 29.4. The van der Waals surface area contributed by atoms with E-state index in [-0.39, 0.29) is 10.5 Å². The molecule has 0 aromatic carbocycles. The smallest absolute Gasteiger partial charge is 0.158 e. The highest BCUT2D eigenvalue weighted by molar-refractivity contribution is 7.92.